The molecule has 0 radical (unpaired) electrons. The molecule has 15 heavy (non-hydrogen) atoms. The van der Waals surface area contributed by atoms with Crippen LogP contribution >= 0.6 is 0 Å². The monoisotopic (exact) mass is 209 g/mol. The summed E-state index contributed by atoms with van der Waals surface area (Å²) in [6.07, 6.45) is 5.27. The van der Waals surface area contributed by atoms with Gasteiger partial charge in [-0.1, -0.05) is 12.8 Å². The van der Waals surface area contributed by atoms with Crippen LogP contribution in [-0.2, 0) is 9.53 Å². The van der Waals surface area contributed by atoms with E-state index >= 15 is 0 Å². The minimum absolute atomic E-state index is 0.00699. The molecule has 0 aromatic carbocycles. The second kappa shape index (κ2) is 3.21. The lowest BCUT2D eigenvalue weighted by Crippen LogP contribution is -2.39. The number of rotatable bonds is 1. The van der Waals surface area contributed by atoms with Gasteiger partial charge in [0.1, 0.15) is 0 Å². The maximum atomic E-state index is 11.8. The van der Waals surface area contributed by atoms with Gasteiger partial charge in [-0.05, 0) is 24.7 Å². The van der Waals surface area contributed by atoms with Gasteiger partial charge in [0, 0.05) is 18.5 Å². The summed E-state index contributed by atoms with van der Waals surface area (Å²) >= 11 is 0. The average Bonchev–Trinajstić information content (AvgIpc) is 2.94. The molecule has 3 heteroatoms. The van der Waals surface area contributed by atoms with E-state index in [4.69, 9.17) is 4.74 Å². The van der Waals surface area contributed by atoms with Crippen LogP contribution in [0.2, 0.25) is 0 Å². The Hall–Kier alpha value is -0.570. The van der Waals surface area contributed by atoms with Gasteiger partial charge in [-0.2, -0.15) is 0 Å². The number of fused-ring (bicyclic) bond motifs is 2. The number of methoxy groups -OCH3 is 1. The van der Waals surface area contributed by atoms with E-state index in [9.17, 15) is 4.79 Å². The van der Waals surface area contributed by atoms with Gasteiger partial charge in [0.2, 0.25) is 0 Å². The smallest absolute Gasteiger partial charge is 0.310 e. The highest BCUT2D eigenvalue weighted by atomic mass is 16.5. The van der Waals surface area contributed by atoms with E-state index in [0.29, 0.717) is 0 Å². The van der Waals surface area contributed by atoms with Crippen molar-refractivity contribution in [3.05, 3.63) is 0 Å². The predicted octanol–water partition coefficient (Wildman–Crippen LogP) is 1.19. The van der Waals surface area contributed by atoms with Crippen LogP contribution in [0.4, 0.5) is 0 Å². The summed E-state index contributed by atoms with van der Waals surface area (Å²) in [6, 6.07) is 0. The Kier molecular flexibility index (Phi) is 2.06. The van der Waals surface area contributed by atoms with Gasteiger partial charge < -0.3 is 10.1 Å². The lowest BCUT2D eigenvalue weighted by molar-refractivity contribution is -0.149. The average molecular weight is 209 g/mol. The van der Waals surface area contributed by atoms with Crippen molar-refractivity contribution in [3.63, 3.8) is 0 Å². The molecule has 3 fully saturated rings. The summed E-state index contributed by atoms with van der Waals surface area (Å²) in [4.78, 5) is 11.8. The summed E-state index contributed by atoms with van der Waals surface area (Å²) < 4.78 is 4.95. The van der Waals surface area contributed by atoms with Gasteiger partial charge >= 0.3 is 5.97 Å². The molecule has 3 nitrogen and oxygen atoms in total. The summed E-state index contributed by atoms with van der Waals surface area (Å²) in [5.74, 6) is 1.86. The number of carbonyl (C=O) groups excluding carboxylic acids is 1. The SMILES string of the molecule is COC(=O)C1CNCC12CCCC1CC12. The molecule has 3 rings (SSSR count). The Morgan fingerprint density at radius 2 is 2.40 bits per heavy atom. The van der Waals surface area contributed by atoms with E-state index in [2.05, 4.69) is 5.32 Å². The highest BCUT2D eigenvalue weighted by Crippen LogP contribution is 2.63. The second-order valence-corrected chi connectivity index (χ2v) is 5.43. The third kappa shape index (κ3) is 1.25. The summed E-state index contributed by atoms with van der Waals surface area (Å²) in [5.41, 5.74) is 0.260. The fourth-order valence-electron chi connectivity index (χ4n) is 4.04. The van der Waals surface area contributed by atoms with E-state index in [1.807, 2.05) is 0 Å². The summed E-state index contributed by atoms with van der Waals surface area (Å²) in [5, 5.41) is 3.40. The lowest BCUT2D eigenvalue weighted by Gasteiger charge is -2.36. The van der Waals surface area contributed by atoms with Crippen LogP contribution in [0.3, 0.4) is 0 Å². The van der Waals surface area contributed by atoms with E-state index in [-0.39, 0.29) is 17.3 Å². The molecular weight excluding hydrogens is 190 g/mol. The van der Waals surface area contributed by atoms with Crippen molar-refractivity contribution in [3.8, 4) is 0 Å². The fourth-order valence-corrected chi connectivity index (χ4v) is 4.04. The van der Waals surface area contributed by atoms with Gasteiger partial charge in [0.25, 0.3) is 0 Å². The highest BCUT2D eigenvalue weighted by Gasteiger charge is 2.61. The maximum Gasteiger partial charge on any atom is 0.310 e. The Morgan fingerprint density at radius 1 is 1.53 bits per heavy atom. The van der Waals surface area contributed by atoms with Crippen molar-refractivity contribution >= 4 is 5.97 Å². The molecule has 0 bridgehead atoms. The lowest BCUT2D eigenvalue weighted by atomic mass is 9.67. The van der Waals surface area contributed by atoms with Crippen molar-refractivity contribution in [2.75, 3.05) is 20.2 Å². The zero-order chi connectivity index (χ0) is 10.5. The molecule has 0 aromatic rings. The second-order valence-electron chi connectivity index (χ2n) is 5.43. The summed E-state index contributed by atoms with van der Waals surface area (Å²) in [7, 11) is 1.52. The molecule has 4 unspecified atom stereocenters. The van der Waals surface area contributed by atoms with Crippen LogP contribution in [0.15, 0.2) is 0 Å². The molecular formula is C12H19NO2. The first kappa shape index (κ1) is 9.64. The molecule has 2 saturated carbocycles. The van der Waals surface area contributed by atoms with Gasteiger partial charge in [-0.25, -0.2) is 0 Å². The first-order valence-corrected chi connectivity index (χ1v) is 6.06. The van der Waals surface area contributed by atoms with Gasteiger partial charge in [-0.15, -0.1) is 0 Å². The van der Waals surface area contributed by atoms with Crippen LogP contribution in [0.5, 0.6) is 0 Å². The maximum absolute atomic E-state index is 11.8. The summed E-state index contributed by atoms with van der Waals surface area (Å²) in [6.45, 7) is 1.86. The van der Waals surface area contributed by atoms with Crippen molar-refractivity contribution in [2.24, 2.45) is 23.2 Å². The number of carbonyl (C=O) groups is 1. The van der Waals surface area contributed by atoms with Crippen molar-refractivity contribution in [1.82, 2.24) is 5.32 Å². The van der Waals surface area contributed by atoms with Crippen LogP contribution in [0, 0.1) is 23.2 Å². The number of hydrogen-bond acceptors (Lipinski definition) is 3. The zero-order valence-corrected chi connectivity index (χ0v) is 9.29. The van der Waals surface area contributed by atoms with E-state index in [1.165, 1.54) is 32.8 Å². The van der Waals surface area contributed by atoms with Crippen LogP contribution in [0.25, 0.3) is 0 Å². The molecule has 0 aromatic heterocycles. The van der Waals surface area contributed by atoms with Crippen LogP contribution in [0.1, 0.15) is 25.7 Å². The number of hydrogen-bond donors (Lipinski definition) is 1. The molecule has 84 valence electrons. The molecule has 1 saturated heterocycles. The minimum atomic E-state index is 0.00699. The number of nitrogens with one attached hydrogen (secondary N) is 1. The van der Waals surface area contributed by atoms with Gasteiger partial charge in [-0.3, -0.25) is 4.79 Å². The van der Waals surface area contributed by atoms with Gasteiger partial charge in [0.15, 0.2) is 0 Å². The predicted molar refractivity (Wildman–Crippen MR) is 56.3 cm³/mol. The van der Waals surface area contributed by atoms with Crippen molar-refractivity contribution < 1.29 is 9.53 Å². The molecule has 2 aliphatic carbocycles. The van der Waals surface area contributed by atoms with Crippen molar-refractivity contribution in [1.29, 1.82) is 0 Å². The van der Waals surface area contributed by atoms with Crippen LogP contribution in [-0.4, -0.2) is 26.2 Å². The number of esters is 1. The molecule has 3 aliphatic rings. The minimum Gasteiger partial charge on any atom is -0.469 e. The normalized spacial score (nSPS) is 47.7. The zero-order valence-electron chi connectivity index (χ0n) is 9.29. The standard InChI is InChI=1S/C12H19NO2/c1-15-11(14)10-6-13-7-12(10)4-2-3-8-5-9(8)12/h8-10,13H,2-7H2,1H3. The molecule has 1 N–H and O–H groups in total. The molecule has 1 aliphatic heterocycles. The van der Waals surface area contributed by atoms with Crippen molar-refractivity contribution in [2.45, 2.75) is 25.7 Å². The third-order valence-corrected chi connectivity index (χ3v) is 4.86. The number of ether oxygens (including phenoxy) is 1. The highest BCUT2D eigenvalue weighted by molar-refractivity contribution is 5.74. The van der Waals surface area contributed by atoms with Crippen LogP contribution < -0.4 is 5.32 Å². The van der Waals surface area contributed by atoms with Gasteiger partial charge in [0.05, 0.1) is 13.0 Å². The van der Waals surface area contributed by atoms with E-state index < -0.39 is 0 Å². The van der Waals surface area contributed by atoms with E-state index in [1.54, 1.807) is 0 Å². The van der Waals surface area contributed by atoms with E-state index in [0.717, 1.165) is 24.9 Å². The Labute approximate surface area is 90.6 Å². The Bertz CT molecular complexity index is 291. The molecule has 4 atom stereocenters. The Morgan fingerprint density at radius 3 is 3.20 bits per heavy atom. The molecule has 0 amide bonds. The quantitative estimate of drug-likeness (QED) is 0.659. The first-order valence-electron chi connectivity index (χ1n) is 6.06. The first-order chi connectivity index (χ1) is 7.28. The largest absolute Gasteiger partial charge is 0.469 e. The fraction of sp³-hybridized carbons (Fsp3) is 0.917. The molecule has 1 spiro atoms. The molecule has 1 heterocycles. The Balaban J connectivity index is 1.86. The topological polar surface area (TPSA) is 38.3 Å². The third-order valence-electron chi connectivity index (χ3n) is 4.86.